The first-order chi connectivity index (χ1) is 10.5. The maximum absolute atomic E-state index is 12.1. The first-order valence-corrected chi connectivity index (χ1v) is 7.27. The van der Waals surface area contributed by atoms with E-state index < -0.39 is 43.2 Å². The molecule has 22 heavy (non-hydrogen) atoms. The van der Waals surface area contributed by atoms with Gasteiger partial charge in [0, 0.05) is 11.4 Å². The summed E-state index contributed by atoms with van der Waals surface area (Å²) in [6.45, 7) is -0.560. The number of rotatable bonds is 4. The maximum Gasteiger partial charge on any atom is 0.251 e. The van der Waals surface area contributed by atoms with Crippen LogP contribution in [0.4, 0.5) is 0 Å². The Hall–Kier alpha value is -1.22. The summed E-state index contributed by atoms with van der Waals surface area (Å²) in [5.41, 5.74) is 1.16. The molecule has 8 heteroatoms. The van der Waals surface area contributed by atoms with Gasteiger partial charge in [-0.05, 0) is 17.7 Å². The number of aliphatic hydroxyl groups is 4. The molecule has 1 amide bonds. The fourth-order valence-corrected chi connectivity index (χ4v) is 2.41. The second-order valence-electron chi connectivity index (χ2n) is 5.06. The predicted molar refractivity (Wildman–Crippen MR) is 77.2 cm³/mol. The van der Waals surface area contributed by atoms with Gasteiger partial charge in [0.25, 0.3) is 5.91 Å². The number of nitrogens with one attached hydrogen (secondary N) is 1. The number of hydrogen-bond donors (Lipinski definition) is 5. The number of aliphatic hydroxyl groups excluding tert-OH is 4. The molecular weight excluding hydrogens is 314 g/mol. The summed E-state index contributed by atoms with van der Waals surface area (Å²) in [4.78, 5) is 12.1. The molecule has 1 saturated heterocycles. The quantitative estimate of drug-likeness (QED) is 0.449. The molecule has 0 bridgehead atoms. The van der Waals surface area contributed by atoms with Gasteiger partial charge in [-0.3, -0.25) is 4.79 Å². The van der Waals surface area contributed by atoms with Crippen LogP contribution < -0.4 is 5.32 Å². The Labute approximate surface area is 132 Å². The van der Waals surface area contributed by atoms with E-state index in [1.807, 2.05) is 0 Å². The van der Waals surface area contributed by atoms with Crippen molar-refractivity contribution in [3.63, 3.8) is 0 Å². The molecule has 0 aliphatic carbocycles. The Balaban J connectivity index is 2.06. The lowest BCUT2D eigenvalue weighted by atomic mass is 9.96. The van der Waals surface area contributed by atoms with E-state index in [1.54, 1.807) is 24.3 Å². The smallest absolute Gasteiger partial charge is 0.251 e. The SMILES string of the molecule is O=C(NC1C(O)OC(CO)C(O)C1O)c1ccc(CCl)cc1. The molecule has 7 nitrogen and oxygen atoms in total. The van der Waals surface area contributed by atoms with Crippen molar-refractivity contribution in [1.29, 1.82) is 0 Å². The lowest BCUT2D eigenvalue weighted by molar-refractivity contribution is -0.252. The molecular formula is C14H18ClNO6. The number of hydrogen-bond acceptors (Lipinski definition) is 6. The van der Waals surface area contributed by atoms with Crippen LogP contribution in [0, 0.1) is 0 Å². The average molecular weight is 332 g/mol. The van der Waals surface area contributed by atoms with Crippen LogP contribution in [0.3, 0.4) is 0 Å². The minimum absolute atomic E-state index is 0.312. The average Bonchev–Trinajstić information content (AvgIpc) is 2.54. The highest BCUT2D eigenvalue weighted by atomic mass is 35.5. The van der Waals surface area contributed by atoms with Gasteiger partial charge in [-0.1, -0.05) is 12.1 Å². The Morgan fingerprint density at radius 2 is 1.82 bits per heavy atom. The third-order valence-electron chi connectivity index (χ3n) is 3.57. The molecule has 1 aliphatic heterocycles. The minimum Gasteiger partial charge on any atom is -0.394 e. The van der Waals surface area contributed by atoms with Crippen molar-refractivity contribution < 1.29 is 30.0 Å². The van der Waals surface area contributed by atoms with Gasteiger partial charge in [0.05, 0.1) is 6.61 Å². The number of halogens is 1. The summed E-state index contributed by atoms with van der Waals surface area (Å²) in [5, 5.41) is 40.9. The fourth-order valence-electron chi connectivity index (χ4n) is 2.23. The second-order valence-corrected chi connectivity index (χ2v) is 5.33. The zero-order chi connectivity index (χ0) is 16.3. The van der Waals surface area contributed by atoms with E-state index in [0.29, 0.717) is 11.4 Å². The Kier molecular flexibility index (Phi) is 5.74. The fraction of sp³-hybridized carbons (Fsp3) is 0.500. The summed E-state index contributed by atoms with van der Waals surface area (Å²) < 4.78 is 4.97. The number of amides is 1. The van der Waals surface area contributed by atoms with E-state index in [4.69, 9.17) is 21.4 Å². The maximum atomic E-state index is 12.1. The van der Waals surface area contributed by atoms with Crippen molar-refractivity contribution >= 4 is 17.5 Å². The van der Waals surface area contributed by atoms with Gasteiger partial charge in [-0.25, -0.2) is 0 Å². The topological polar surface area (TPSA) is 119 Å². The lowest BCUT2D eigenvalue weighted by Gasteiger charge is -2.40. The molecule has 5 N–H and O–H groups in total. The molecule has 0 aromatic heterocycles. The van der Waals surface area contributed by atoms with Crippen LogP contribution in [0.15, 0.2) is 24.3 Å². The van der Waals surface area contributed by atoms with Gasteiger partial charge in [0.2, 0.25) is 0 Å². The standard InChI is InChI=1S/C14H18ClNO6/c15-5-7-1-3-8(4-2-7)13(20)16-10-12(19)11(18)9(6-17)22-14(10)21/h1-4,9-12,14,17-19,21H,5-6H2,(H,16,20). The van der Waals surface area contributed by atoms with Crippen LogP contribution in [0.2, 0.25) is 0 Å². The van der Waals surface area contributed by atoms with Crippen molar-refractivity contribution in [3.8, 4) is 0 Å². The van der Waals surface area contributed by atoms with Gasteiger partial charge in [-0.15, -0.1) is 11.6 Å². The van der Waals surface area contributed by atoms with Crippen LogP contribution >= 0.6 is 11.6 Å². The van der Waals surface area contributed by atoms with Crippen LogP contribution in [0.5, 0.6) is 0 Å². The van der Waals surface area contributed by atoms with E-state index in [1.165, 1.54) is 0 Å². The van der Waals surface area contributed by atoms with E-state index >= 15 is 0 Å². The van der Waals surface area contributed by atoms with E-state index in [-0.39, 0.29) is 0 Å². The molecule has 5 atom stereocenters. The van der Waals surface area contributed by atoms with Crippen molar-refractivity contribution in [3.05, 3.63) is 35.4 Å². The normalized spacial score (nSPS) is 31.8. The number of alkyl halides is 1. The molecule has 122 valence electrons. The molecule has 1 aromatic carbocycles. The summed E-state index contributed by atoms with van der Waals surface area (Å²) >= 11 is 5.66. The molecule has 1 aromatic rings. The van der Waals surface area contributed by atoms with Gasteiger partial charge >= 0.3 is 0 Å². The lowest BCUT2D eigenvalue weighted by Crippen LogP contribution is -2.64. The first-order valence-electron chi connectivity index (χ1n) is 6.74. The highest BCUT2D eigenvalue weighted by Gasteiger charge is 2.44. The molecule has 2 rings (SSSR count). The number of ether oxygens (including phenoxy) is 1. The molecule has 0 radical (unpaired) electrons. The molecule has 0 spiro atoms. The highest BCUT2D eigenvalue weighted by molar-refractivity contribution is 6.17. The van der Waals surface area contributed by atoms with E-state index in [9.17, 15) is 20.1 Å². The Morgan fingerprint density at radius 3 is 2.36 bits per heavy atom. The predicted octanol–water partition coefficient (Wildman–Crippen LogP) is -1.04. The minimum atomic E-state index is -1.54. The van der Waals surface area contributed by atoms with Crippen molar-refractivity contribution in [2.24, 2.45) is 0 Å². The van der Waals surface area contributed by atoms with Crippen LogP contribution in [-0.4, -0.2) is 63.6 Å². The second kappa shape index (κ2) is 7.36. The van der Waals surface area contributed by atoms with Gasteiger partial charge < -0.3 is 30.5 Å². The zero-order valence-electron chi connectivity index (χ0n) is 11.6. The summed E-state index contributed by atoms with van der Waals surface area (Å²) in [6.07, 6.45) is -5.54. The summed E-state index contributed by atoms with van der Waals surface area (Å²) in [5.74, 6) is -0.215. The van der Waals surface area contributed by atoms with Crippen molar-refractivity contribution in [1.82, 2.24) is 5.32 Å². The van der Waals surface area contributed by atoms with Crippen molar-refractivity contribution in [2.45, 2.75) is 36.5 Å². The van der Waals surface area contributed by atoms with Gasteiger partial charge in [0.1, 0.15) is 24.4 Å². The van der Waals surface area contributed by atoms with Crippen LogP contribution in [0.1, 0.15) is 15.9 Å². The van der Waals surface area contributed by atoms with Crippen LogP contribution in [-0.2, 0) is 10.6 Å². The van der Waals surface area contributed by atoms with E-state index in [2.05, 4.69) is 5.32 Å². The summed E-state index contributed by atoms with van der Waals surface area (Å²) in [6, 6.07) is 5.27. The summed E-state index contributed by atoms with van der Waals surface area (Å²) in [7, 11) is 0. The van der Waals surface area contributed by atoms with Gasteiger partial charge in [0.15, 0.2) is 6.29 Å². The van der Waals surface area contributed by atoms with E-state index in [0.717, 1.165) is 5.56 Å². The van der Waals surface area contributed by atoms with Crippen molar-refractivity contribution in [2.75, 3.05) is 6.61 Å². The highest BCUT2D eigenvalue weighted by Crippen LogP contribution is 2.20. The third-order valence-corrected chi connectivity index (χ3v) is 3.88. The third kappa shape index (κ3) is 3.57. The molecule has 5 unspecified atom stereocenters. The monoisotopic (exact) mass is 331 g/mol. The first kappa shape index (κ1) is 17.1. The Bertz CT molecular complexity index is 511. The zero-order valence-corrected chi connectivity index (χ0v) is 12.3. The van der Waals surface area contributed by atoms with Crippen LogP contribution in [0.25, 0.3) is 0 Å². The largest absolute Gasteiger partial charge is 0.394 e. The Morgan fingerprint density at radius 1 is 1.18 bits per heavy atom. The van der Waals surface area contributed by atoms with Gasteiger partial charge in [-0.2, -0.15) is 0 Å². The molecule has 0 saturated carbocycles. The molecule has 1 fully saturated rings. The molecule has 1 heterocycles. The number of benzene rings is 1. The molecule has 1 aliphatic rings. The number of carbonyl (C=O) groups is 1. The number of carbonyl (C=O) groups excluding carboxylic acids is 1.